The fourth-order valence-electron chi connectivity index (χ4n) is 1.48. The fraction of sp³-hybridized carbons (Fsp3) is 0.167. The summed E-state index contributed by atoms with van der Waals surface area (Å²) in [6.45, 7) is 0.192. The first-order valence-electron chi connectivity index (χ1n) is 5.45. The monoisotopic (exact) mass is 280 g/mol. The van der Waals surface area contributed by atoms with E-state index in [0.29, 0.717) is 10.6 Å². The Labute approximate surface area is 112 Å². The van der Waals surface area contributed by atoms with Crippen molar-refractivity contribution >= 4 is 23.2 Å². The van der Waals surface area contributed by atoms with E-state index in [2.05, 4.69) is 5.32 Å². The van der Waals surface area contributed by atoms with Crippen LogP contribution in [-0.2, 0) is 16.1 Å². The number of thiophene rings is 1. The van der Waals surface area contributed by atoms with E-state index in [-0.39, 0.29) is 6.54 Å². The molecule has 0 saturated heterocycles. The fourth-order valence-corrected chi connectivity index (χ4v) is 2.43. The van der Waals surface area contributed by atoms with Crippen molar-refractivity contribution in [3.8, 4) is 0 Å². The molecule has 2 heterocycles. The quantitative estimate of drug-likeness (QED) is 0.710. The second-order valence-electron chi connectivity index (χ2n) is 3.77. The first kappa shape index (κ1) is 13.3. The smallest absolute Gasteiger partial charge is 0.309 e. The van der Waals surface area contributed by atoms with Crippen molar-refractivity contribution in [3.63, 3.8) is 0 Å². The minimum Gasteiger partial charge on any atom is -0.466 e. The first-order chi connectivity index (χ1) is 9.08. The maximum atomic E-state index is 11.0. The first-order valence-corrected chi connectivity index (χ1v) is 6.27. The lowest BCUT2D eigenvalue weighted by atomic mass is 10.2. The number of carbonyl (C=O) groups is 2. The summed E-state index contributed by atoms with van der Waals surface area (Å²) >= 11 is 1.32. The molecule has 4 N–H and O–H groups in total. The van der Waals surface area contributed by atoms with Crippen LogP contribution in [0, 0.1) is 0 Å². The summed E-state index contributed by atoms with van der Waals surface area (Å²) in [5.41, 5.74) is 4.82. The highest BCUT2D eigenvalue weighted by Gasteiger charge is 2.16. The molecule has 2 aromatic rings. The molecule has 0 fully saturated rings. The van der Waals surface area contributed by atoms with Gasteiger partial charge < -0.3 is 20.6 Å². The molecule has 0 aliphatic heterocycles. The number of furan rings is 1. The van der Waals surface area contributed by atoms with Crippen molar-refractivity contribution < 1.29 is 19.1 Å². The highest BCUT2D eigenvalue weighted by molar-refractivity contribution is 7.12. The molecular weight excluding hydrogens is 268 g/mol. The van der Waals surface area contributed by atoms with Crippen molar-refractivity contribution in [1.82, 2.24) is 5.32 Å². The van der Waals surface area contributed by atoms with E-state index < -0.39 is 17.9 Å². The maximum Gasteiger partial charge on any atom is 0.309 e. The summed E-state index contributed by atoms with van der Waals surface area (Å²) in [5, 5.41) is 12.4. The van der Waals surface area contributed by atoms with Crippen LogP contribution in [0.1, 0.15) is 21.6 Å². The molecule has 100 valence electrons. The number of rotatable bonds is 4. The number of nitrogens with two attached hydrogens (primary N) is 1. The zero-order valence-corrected chi connectivity index (χ0v) is 10.6. The second-order valence-corrected chi connectivity index (χ2v) is 4.97. The third-order valence-corrected chi connectivity index (χ3v) is 3.55. The number of carbonyl (C=O) groups excluding carboxylic acids is 2. The summed E-state index contributed by atoms with van der Waals surface area (Å²) in [6, 6.07) is 6.87. The van der Waals surface area contributed by atoms with Gasteiger partial charge in [-0.1, -0.05) is 0 Å². The molecule has 0 aromatic carbocycles. The average molecular weight is 280 g/mol. The van der Waals surface area contributed by atoms with Crippen molar-refractivity contribution in [2.75, 3.05) is 0 Å². The van der Waals surface area contributed by atoms with Gasteiger partial charge in [-0.15, -0.1) is 11.3 Å². The number of amides is 2. The van der Waals surface area contributed by atoms with Crippen LogP contribution in [0.4, 0.5) is 0 Å². The van der Waals surface area contributed by atoms with E-state index in [9.17, 15) is 14.7 Å². The predicted octanol–water partition coefficient (Wildman–Crippen LogP) is 0.524. The molecular formula is C12H12N2O4S. The number of nitrogens with one attached hydrogen (secondary N) is 1. The van der Waals surface area contributed by atoms with Gasteiger partial charge in [-0.25, -0.2) is 0 Å². The third-order valence-electron chi connectivity index (χ3n) is 2.41. The molecule has 0 bridgehead atoms. The SMILES string of the molecule is NC(=O)C(=O)NCc1ccc(C(O)c2ccco2)s1. The van der Waals surface area contributed by atoms with Crippen molar-refractivity contribution in [3.05, 3.63) is 46.0 Å². The van der Waals surface area contributed by atoms with Gasteiger partial charge in [-0.05, 0) is 24.3 Å². The Kier molecular flexibility index (Phi) is 3.98. The number of aliphatic hydroxyl groups is 1. The molecule has 2 rings (SSSR count). The Morgan fingerprint density at radius 3 is 2.84 bits per heavy atom. The highest BCUT2D eigenvalue weighted by atomic mass is 32.1. The Morgan fingerprint density at radius 2 is 2.21 bits per heavy atom. The molecule has 0 saturated carbocycles. The molecule has 2 aromatic heterocycles. The molecule has 0 aliphatic rings. The van der Waals surface area contributed by atoms with E-state index in [0.717, 1.165) is 4.88 Å². The Morgan fingerprint density at radius 1 is 1.42 bits per heavy atom. The largest absolute Gasteiger partial charge is 0.466 e. The Hall–Kier alpha value is -2.12. The summed E-state index contributed by atoms with van der Waals surface area (Å²) in [5.74, 6) is -1.40. The predicted molar refractivity (Wildman–Crippen MR) is 68.1 cm³/mol. The standard InChI is InChI=1S/C12H12N2O4S/c13-11(16)12(17)14-6-7-3-4-9(19-7)10(15)8-2-1-5-18-8/h1-5,10,15H,6H2,(H2,13,16)(H,14,17). The molecule has 1 unspecified atom stereocenters. The van der Waals surface area contributed by atoms with E-state index in [4.69, 9.17) is 10.2 Å². The van der Waals surface area contributed by atoms with Crippen LogP contribution in [-0.4, -0.2) is 16.9 Å². The van der Waals surface area contributed by atoms with Gasteiger partial charge in [0.1, 0.15) is 11.9 Å². The van der Waals surface area contributed by atoms with Gasteiger partial charge in [-0.2, -0.15) is 0 Å². The van der Waals surface area contributed by atoms with E-state index >= 15 is 0 Å². The molecule has 6 nitrogen and oxygen atoms in total. The van der Waals surface area contributed by atoms with Crippen molar-refractivity contribution in [1.29, 1.82) is 0 Å². The molecule has 1 atom stereocenters. The van der Waals surface area contributed by atoms with E-state index in [1.54, 1.807) is 24.3 Å². The molecule has 19 heavy (non-hydrogen) atoms. The Balaban J connectivity index is 1.99. The van der Waals surface area contributed by atoms with Gasteiger partial charge >= 0.3 is 11.8 Å². The second kappa shape index (κ2) is 5.68. The number of hydrogen-bond donors (Lipinski definition) is 3. The van der Waals surface area contributed by atoms with Gasteiger partial charge in [0.15, 0.2) is 0 Å². The Bertz CT molecular complexity index is 576. The van der Waals surface area contributed by atoms with Gasteiger partial charge in [0.25, 0.3) is 0 Å². The van der Waals surface area contributed by atoms with Crippen LogP contribution < -0.4 is 11.1 Å². The van der Waals surface area contributed by atoms with Gasteiger partial charge in [0.2, 0.25) is 0 Å². The molecule has 0 aliphatic carbocycles. The summed E-state index contributed by atoms with van der Waals surface area (Å²) in [6.07, 6.45) is 0.653. The van der Waals surface area contributed by atoms with Crippen molar-refractivity contribution in [2.24, 2.45) is 5.73 Å². The maximum absolute atomic E-state index is 11.0. The minimum atomic E-state index is -1.02. The number of hydrogen-bond acceptors (Lipinski definition) is 5. The lowest BCUT2D eigenvalue weighted by Gasteiger charge is -2.04. The van der Waals surface area contributed by atoms with Crippen LogP contribution in [0.15, 0.2) is 34.9 Å². The lowest BCUT2D eigenvalue weighted by Crippen LogP contribution is -2.35. The normalized spacial score (nSPS) is 12.1. The van der Waals surface area contributed by atoms with Crippen LogP contribution in [0.3, 0.4) is 0 Å². The van der Waals surface area contributed by atoms with Gasteiger partial charge in [0, 0.05) is 9.75 Å². The highest BCUT2D eigenvalue weighted by Crippen LogP contribution is 2.28. The average Bonchev–Trinajstić information content (AvgIpc) is 3.06. The summed E-state index contributed by atoms with van der Waals surface area (Å²) in [4.78, 5) is 23.0. The van der Waals surface area contributed by atoms with E-state index in [1.807, 2.05) is 0 Å². The topological polar surface area (TPSA) is 106 Å². The molecule has 2 amide bonds. The lowest BCUT2D eigenvalue weighted by molar-refractivity contribution is -0.137. The van der Waals surface area contributed by atoms with Gasteiger partial charge in [-0.3, -0.25) is 9.59 Å². The third kappa shape index (κ3) is 3.21. The van der Waals surface area contributed by atoms with E-state index in [1.165, 1.54) is 17.6 Å². The molecule has 0 radical (unpaired) electrons. The van der Waals surface area contributed by atoms with Crippen LogP contribution in [0.25, 0.3) is 0 Å². The van der Waals surface area contributed by atoms with Crippen molar-refractivity contribution in [2.45, 2.75) is 12.6 Å². The molecule has 0 spiro atoms. The summed E-state index contributed by atoms with van der Waals surface area (Å²) < 4.78 is 5.11. The van der Waals surface area contributed by atoms with Crippen LogP contribution >= 0.6 is 11.3 Å². The zero-order chi connectivity index (χ0) is 13.8. The number of aliphatic hydroxyl groups excluding tert-OH is 1. The van der Waals surface area contributed by atoms with Gasteiger partial charge in [0.05, 0.1) is 12.8 Å². The minimum absolute atomic E-state index is 0.192. The zero-order valence-electron chi connectivity index (χ0n) is 9.83. The van der Waals surface area contributed by atoms with Crippen LogP contribution in [0.2, 0.25) is 0 Å². The molecule has 7 heteroatoms. The number of primary amides is 1. The van der Waals surface area contributed by atoms with Crippen LogP contribution in [0.5, 0.6) is 0 Å². The summed E-state index contributed by atoms with van der Waals surface area (Å²) in [7, 11) is 0.